The van der Waals surface area contributed by atoms with Gasteiger partial charge in [0.25, 0.3) is 0 Å². The topological polar surface area (TPSA) is 74.8 Å². The van der Waals surface area contributed by atoms with E-state index >= 15 is 0 Å². The molecule has 7 fully saturated rings. The number of esters is 2. The van der Waals surface area contributed by atoms with E-state index in [0.717, 1.165) is 69.7 Å². The van der Waals surface area contributed by atoms with Crippen molar-refractivity contribution in [3.05, 3.63) is 76.4 Å². The van der Waals surface area contributed by atoms with Gasteiger partial charge in [-0.05, 0) is 81.2 Å². The summed E-state index contributed by atoms with van der Waals surface area (Å²) >= 11 is 0. The van der Waals surface area contributed by atoms with Crippen LogP contribution in [-0.2, 0) is 29.9 Å². The van der Waals surface area contributed by atoms with Crippen molar-refractivity contribution < 1.29 is 23.8 Å². The summed E-state index contributed by atoms with van der Waals surface area (Å²) in [6.45, 7) is 7.88. The lowest BCUT2D eigenvalue weighted by Crippen LogP contribution is -2.81. The Hall–Kier alpha value is -3.82. The molecule has 1 saturated carbocycles. The number of hydrogen-bond donors (Lipinski definition) is 0. The molecule has 0 N–H and O–H groups in total. The number of allylic oxidation sites excluding steroid dienone is 2. The third-order valence-electron chi connectivity index (χ3n) is 15.7. The Morgan fingerprint density at radius 3 is 2.44 bits per heavy atom. The lowest BCUT2D eigenvalue weighted by molar-refractivity contribution is -0.156. The summed E-state index contributed by atoms with van der Waals surface area (Å²) in [7, 11) is 5.36. The Kier molecular flexibility index (Phi) is 5.58. The second kappa shape index (κ2) is 9.34. The van der Waals surface area contributed by atoms with Gasteiger partial charge in [-0.1, -0.05) is 41.5 Å². The minimum absolute atomic E-state index is 0.0520. The van der Waals surface area contributed by atoms with E-state index in [-0.39, 0.29) is 41.4 Å². The molecule has 12 rings (SSSR count). The summed E-state index contributed by atoms with van der Waals surface area (Å²) < 4.78 is 19.1. The predicted molar refractivity (Wildman–Crippen MR) is 188 cm³/mol. The minimum atomic E-state index is -0.793. The Labute approximate surface area is 293 Å². The molecule has 0 radical (unpaired) electrons. The highest BCUT2D eigenvalue weighted by Gasteiger charge is 2.81. The summed E-state index contributed by atoms with van der Waals surface area (Å²) in [6.07, 6.45) is 9.12. The largest absolute Gasteiger partial charge is 0.469 e. The molecular formula is C41H46N4O5. The molecule has 260 valence electrons. The molecule has 10 aliphatic rings. The third kappa shape index (κ3) is 2.78. The van der Waals surface area contributed by atoms with Crippen molar-refractivity contribution in [2.45, 2.75) is 80.3 Å². The van der Waals surface area contributed by atoms with Crippen LogP contribution in [0.2, 0.25) is 0 Å². The first-order valence-corrected chi connectivity index (χ1v) is 18.7. The Balaban J connectivity index is 1.18. The molecule has 9 heterocycles. The first-order chi connectivity index (χ1) is 24.3. The summed E-state index contributed by atoms with van der Waals surface area (Å²) in [5.41, 5.74) is 6.74. The van der Waals surface area contributed by atoms with E-state index in [9.17, 15) is 9.59 Å². The first kappa shape index (κ1) is 29.9. The average Bonchev–Trinajstić information content (AvgIpc) is 3.72. The number of carbonyl (C=O) groups excluding carboxylic acids is 2. The molecule has 0 aromatic heterocycles. The smallest absolute Gasteiger partial charge is 0.329 e. The predicted octanol–water partition coefficient (Wildman–Crippen LogP) is 4.73. The van der Waals surface area contributed by atoms with E-state index in [4.69, 9.17) is 14.2 Å². The van der Waals surface area contributed by atoms with E-state index in [0.29, 0.717) is 0 Å². The van der Waals surface area contributed by atoms with Gasteiger partial charge in [-0.15, -0.1) is 0 Å². The molecule has 6 saturated heterocycles. The maximum Gasteiger partial charge on any atom is 0.329 e. The fourth-order valence-corrected chi connectivity index (χ4v) is 14.1. The molecule has 10 atom stereocenters. The summed E-state index contributed by atoms with van der Waals surface area (Å²) in [4.78, 5) is 38.4. The van der Waals surface area contributed by atoms with Crippen LogP contribution in [0.4, 0.5) is 11.4 Å². The maximum atomic E-state index is 14.2. The van der Waals surface area contributed by atoms with Crippen molar-refractivity contribution in [2.24, 2.45) is 17.8 Å². The zero-order valence-corrected chi connectivity index (χ0v) is 29.7. The summed E-state index contributed by atoms with van der Waals surface area (Å²) in [6, 6.07) is 13.2. The van der Waals surface area contributed by atoms with Gasteiger partial charge in [-0.2, -0.15) is 0 Å². The van der Waals surface area contributed by atoms with Gasteiger partial charge in [0.05, 0.1) is 31.6 Å². The highest BCUT2D eigenvalue weighted by molar-refractivity contribution is 5.89. The van der Waals surface area contributed by atoms with Gasteiger partial charge in [0.1, 0.15) is 17.5 Å². The Morgan fingerprint density at radius 1 is 0.880 bits per heavy atom. The number of fused-ring (bicyclic) bond motifs is 7. The first-order valence-electron chi connectivity index (χ1n) is 18.7. The lowest BCUT2D eigenvalue weighted by Gasteiger charge is -2.64. The minimum Gasteiger partial charge on any atom is -0.469 e. The van der Waals surface area contributed by atoms with Gasteiger partial charge in [0.15, 0.2) is 0 Å². The Bertz CT molecular complexity index is 1990. The highest BCUT2D eigenvalue weighted by atomic mass is 16.5. The monoisotopic (exact) mass is 674 g/mol. The molecular weight excluding hydrogens is 628 g/mol. The number of carbonyl (C=O) groups is 2. The fraction of sp³-hybridized carbons (Fsp3) is 0.561. The average molecular weight is 675 g/mol. The number of likely N-dealkylation sites (N-methyl/N-ethyl adjacent to an activating group) is 1. The summed E-state index contributed by atoms with van der Waals surface area (Å²) in [5, 5.41) is 0. The van der Waals surface area contributed by atoms with Gasteiger partial charge in [0.2, 0.25) is 5.72 Å². The second-order valence-corrected chi connectivity index (χ2v) is 16.4. The molecule has 2 aromatic rings. The van der Waals surface area contributed by atoms with Gasteiger partial charge < -0.3 is 24.0 Å². The van der Waals surface area contributed by atoms with E-state index in [1.54, 1.807) is 7.11 Å². The van der Waals surface area contributed by atoms with E-state index in [1.807, 2.05) is 0 Å². The second-order valence-electron chi connectivity index (χ2n) is 16.4. The van der Waals surface area contributed by atoms with E-state index in [2.05, 4.69) is 89.0 Å². The normalized spacial score (nSPS) is 43.5. The van der Waals surface area contributed by atoms with Crippen LogP contribution in [0, 0.1) is 17.8 Å². The molecule has 1 aliphatic carbocycles. The number of methoxy groups -OCH3 is 2. The molecule has 9 nitrogen and oxygen atoms in total. The van der Waals surface area contributed by atoms with E-state index < -0.39 is 22.6 Å². The van der Waals surface area contributed by atoms with E-state index in [1.165, 1.54) is 40.6 Å². The van der Waals surface area contributed by atoms with Crippen molar-refractivity contribution in [3.8, 4) is 5.75 Å². The van der Waals surface area contributed by atoms with Crippen LogP contribution < -0.4 is 14.5 Å². The molecule has 9 heteroatoms. The van der Waals surface area contributed by atoms with Crippen LogP contribution in [0.1, 0.15) is 62.6 Å². The van der Waals surface area contributed by atoms with Crippen LogP contribution in [-0.4, -0.2) is 92.7 Å². The van der Waals surface area contributed by atoms with Crippen molar-refractivity contribution in [1.82, 2.24) is 9.80 Å². The SMILES string of the molecule is CC=C1CN2CCC34c5cc6c(cc5OC35C2CC1C(C(=O)OC)N5c1ccccc14)C12CCN3CC(=CC)C(CCC31N6C)C2C(=O)OC. The molecule has 9 aliphatic heterocycles. The standard InChI is InChI=1S/C41H46N4O5/c1-6-23-21-43-16-14-38-27-10-8-9-11-30(27)45-35(37(47)49-5)26(23)18-33(43)41(38,45)50-32-20-28-31(19-29(32)38)42(3)40-13-12-25-24(7-2)22-44(40)17-15-39(28,40)34(25)36(46)48-4/h6-11,19-20,25-26,33-35H,12-18,21-22H2,1-5H3. The van der Waals surface area contributed by atoms with Crippen LogP contribution in [0.25, 0.3) is 0 Å². The molecule has 2 spiro atoms. The quantitative estimate of drug-likeness (QED) is 0.332. The van der Waals surface area contributed by atoms with Gasteiger partial charge in [-0.25, -0.2) is 4.79 Å². The zero-order valence-electron chi connectivity index (χ0n) is 29.7. The van der Waals surface area contributed by atoms with Crippen LogP contribution in [0.15, 0.2) is 59.7 Å². The summed E-state index contributed by atoms with van der Waals surface area (Å²) in [5.74, 6) is 0.562. The van der Waals surface area contributed by atoms with Gasteiger partial charge in [0, 0.05) is 61.5 Å². The Morgan fingerprint density at radius 2 is 1.66 bits per heavy atom. The van der Waals surface area contributed by atoms with Crippen LogP contribution in [0.5, 0.6) is 5.75 Å². The number of piperidine rings is 3. The molecule has 6 bridgehead atoms. The number of ether oxygens (including phenoxy) is 3. The number of hydrogen-bond acceptors (Lipinski definition) is 9. The zero-order chi connectivity index (χ0) is 34.1. The van der Waals surface area contributed by atoms with Crippen molar-refractivity contribution in [3.63, 3.8) is 0 Å². The number of rotatable bonds is 2. The number of nitrogens with zero attached hydrogens (tertiary/aromatic N) is 4. The highest BCUT2D eigenvalue weighted by Crippen LogP contribution is 2.74. The van der Waals surface area contributed by atoms with Gasteiger partial charge in [-0.3, -0.25) is 14.6 Å². The van der Waals surface area contributed by atoms with Crippen molar-refractivity contribution in [2.75, 3.05) is 57.2 Å². The lowest BCUT2D eigenvalue weighted by atomic mass is 9.54. The van der Waals surface area contributed by atoms with Crippen LogP contribution in [0.3, 0.4) is 0 Å². The van der Waals surface area contributed by atoms with Crippen molar-refractivity contribution >= 4 is 23.3 Å². The van der Waals surface area contributed by atoms with Crippen LogP contribution >= 0.6 is 0 Å². The van der Waals surface area contributed by atoms with Gasteiger partial charge >= 0.3 is 11.9 Å². The fourth-order valence-electron chi connectivity index (χ4n) is 14.1. The number of benzene rings is 2. The molecule has 0 amide bonds. The maximum absolute atomic E-state index is 14.2. The molecule has 2 aromatic carbocycles. The molecule has 50 heavy (non-hydrogen) atoms. The number of anilines is 2. The molecule has 10 unspecified atom stereocenters. The third-order valence-corrected chi connectivity index (χ3v) is 15.7. The number of para-hydroxylation sites is 1. The van der Waals surface area contributed by atoms with Crippen molar-refractivity contribution in [1.29, 1.82) is 0 Å².